The standard InChI is InChI=1S/C20H20F3N3O6/c1-31-8-7-25-5-6-26-11-14(16(27)17(28)15(26)19(25)30)18(29)24-10-12-3-2-4-13(9-12)32-20(21,22)23/h2-4,9,11,28H,5-8,10H2,1H3,(H,24,29). The second-order valence-corrected chi connectivity index (χ2v) is 6.93. The number of ether oxygens (including phenoxy) is 2. The van der Waals surface area contributed by atoms with Crippen LogP contribution in [0.1, 0.15) is 26.4 Å². The molecule has 0 atom stereocenters. The number of hydrogen-bond donors (Lipinski definition) is 2. The summed E-state index contributed by atoms with van der Waals surface area (Å²) >= 11 is 0. The highest BCUT2D eigenvalue weighted by atomic mass is 19.4. The van der Waals surface area contributed by atoms with E-state index in [0.29, 0.717) is 12.1 Å². The average molecular weight is 455 g/mol. The smallest absolute Gasteiger partial charge is 0.503 e. The van der Waals surface area contributed by atoms with Crippen LogP contribution >= 0.6 is 0 Å². The molecule has 0 radical (unpaired) electrons. The molecule has 0 spiro atoms. The maximum absolute atomic E-state index is 12.6. The fraction of sp³-hybridized carbons (Fsp3) is 0.350. The molecule has 32 heavy (non-hydrogen) atoms. The zero-order valence-electron chi connectivity index (χ0n) is 16.9. The van der Waals surface area contributed by atoms with E-state index in [2.05, 4.69) is 10.1 Å². The van der Waals surface area contributed by atoms with Crippen molar-refractivity contribution in [3.63, 3.8) is 0 Å². The van der Waals surface area contributed by atoms with E-state index in [-0.39, 0.29) is 31.9 Å². The first-order valence-electron chi connectivity index (χ1n) is 9.48. The van der Waals surface area contributed by atoms with Crippen LogP contribution in [0.3, 0.4) is 0 Å². The Labute approximate surface area is 180 Å². The normalized spacial score (nSPS) is 13.6. The number of aromatic hydroxyl groups is 1. The van der Waals surface area contributed by atoms with E-state index in [0.717, 1.165) is 12.1 Å². The van der Waals surface area contributed by atoms with Gasteiger partial charge in [-0.3, -0.25) is 14.4 Å². The molecule has 2 N–H and O–H groups in total. The fourth-order valence-electron chi connectivity index (χ4n) is 3.24. The Morgan fingerprint density at radius 2 is 2.00 bits per heavy atom. The minimum absolute atomic E-state index is 0.195. The number of halogens is 3. The number of carbonyl (C=O) groups excluding carboxylic acids is 2. The first-order valence-corrected chi connectivity index (χ1v) is 9.48. The van der Waals surface area contributed by atoms with E-state index >= 15 is 0 Å². The number of methoxy groups -OCH3 is 1. The highest BCUT2D eigenvalue weighted by Crippen LogP contribution is 2.23. The number of fused-ring (bicyclic) bond motifs is 1. The quantitative estimate of drug-likeness (QED) is 0.655. The Morgan fingerprint density at radius 1 is 1.25 bits per heavy atom. The number of rotatable bonds is 7. The Balaban J connectivity index is 1.76. The van der Waals surface area contributed by atoms with Crippen molar-refractivity contribution in [2.45, 2.75) is 19.5 Å². The van der Waals surface area contributed by atoms with Gasteiger partial charge in [0.05, 0.1) is 6.61 Å². The van der Waals surface area contributed by atoms with Gasteiger partial charge >= 0.3 is 6.36 Å². The summed E-state index contributed by atoms with van der Waals surface area (Å²) < 4.78 is 47.2. The summed E-state index contributed by atoms with van der Waals surface area (Å²) in [7, 11) is 1.48. The first kappa shape index (κ1) is 23.1. The second-order valence-electron chi connectivity index (χ2n) is 6.93. The van der Waals surface area contributed by atoms with Crippen LogP contribution in [0.2, 0.25) is 0 Å². The summed E-state index contributed by atoms with van der Waals surface area (Å²) in [5, 5.41) is 12.7. The average Bonchev–Trinajstić information content (AvgIpc) is 2.73. The highest BCUT2D eigenvalue weighted by Gasteiger charge is 2.32. The van der Waals surface area contributed by atoms with Gasteiger partial charge in [-0.1, -0.05) is 12.1 Å². The lowest BCUT2D eigenvalue weighted by Gasteiger charge is -2.30. The summed E-state index contributed by atoms with van der Waals surface area (Å²) in [5.41, 5.74) is -1.34. The van der Waals surface area contributed by atoms with E-state index < -0.39 is 40.7 Å². The van der Waals surface area contributed by atoms with Crippen LogP contribution in [0.25, 0.3) is 0 Å². The van der Waals surface area contributed by atoms with Crippen molar-refractivity contribution in [3.8, 4) is 11.5 Å². The molecule has 1 aromatic carbocycles. The van der Waals surface area contributed by atoms with Crippen LogP contribution in [0, 0.1) is 0 Å². The van der Waals surface area contributed by atoms with Crippen LogP contribution in [0.4, 0.5) is 13.2 Å². The first-order chi connectivity index (χ1) is 15.1. The molecule has 9 nitrogen and oxygen atoms in total. The Bertz CT molecular complexity index is 1080. The van der Waals surface area contributed by atoms with Gasteiger partial charge in [-0.25, -0.2) is 0 Å². The minimum atomic E-state index is -4.85. The maximum atomic E-state index is 12.6. The molecular formula is C20H20F3N3O6. The predicted octanol–water partition coefficient (Wildman–Crippen LogP) is 1.48. The lowest BCUT2D eigenvalue weighted by molar-refractivity contribution is -0.274. The minimum Gasteiger partial charge on any atom is -0.503 e. The lowest BCUT2D eigenvalue weighted by Crippen LogP contribution is -2.44. The van der Waals surface area contributed by atoms with Crippen molar-refractivity contribution in [1.29, 1.82) is 0 Å². The van der Waals surface area contributed by atoms with E-state index in [9.17, 15) is 32.7 Å². The van der Waals surface area contributed by atoms with Crippen LogP contribution < -0.4 is 15.5 Å². The predicted molar refractivity (Wildman–Crippen MR) is 104 cm³/mol. The van der Waals surface area contributed by atoms with Crippen LogP contribution in [-0.2, 0) is 17.8 Å². The number of pyridine rings is 1. The van der Waals surface area contributed by atoms with Crippen molar-refractivity contribution >= 4 is 11.8 Å². The third kappa shape index (κ3) is 5.19. The molecule has 1 aliphatic rings. The van der Waals surface area contributed by atoms with Gasteiger partial charge in [-0.15, -0.1) is 13.2 Å². The van der Waals surface area contributed by atoms with E-state index in [1.807, 2.05) is 0 Å². The maximum Gasteiger partial charge on any atom is 0.573 e. The number of benzene rings is 1. The monoisotopic (exact) mass is 455 g/mol. The Kier molecular flexibility index (Phi) is 6.72. The van der Waals surface area contributed by atoms with Crippen LogP contribution in [-0.4, -0.2) is 59.6 Å². The van der Waals surface area contributed by atoms with E-state index in [1.165, 1.54) is 34.9 Å². The van der Waals surface area contributed by atoms with Crippen molar-refractivity contribution in [2.24, 2.45) is 0 Å². The third-order valence-electron chi connectivity index (χ3n) is 4.75. The molecule has 2 aromatic rings. The van der Waals surface area contributed by atoms with Crippen molar-refractivity contribution in [2.75, 3.05) is 26.8 Å². The zero-order chi connectivity index (χ0) is 23.5. The van der Waals surface area contributed by atoms with E-state index in [1.54, 1.807) is 0 Å². The topological polar surface area (TPSA) is 110 Å². The van der Waals surface area contributed by atoms with Gasteiger partial charge in [-0.05, 0) is 17.7 Å². The SMILES string of the molecule is COCCN1CCn2cc(C(=O)NCc3cccc(OC(F)(F)F)c3)c(=O)c(O)c2C1=O. The molecule has 0 aliphatic carbocycles. The summed E-state index contributed by atoms with van der Waals surface area (Å²) in [6.07, 6.45) is -3.67. The van der Waals surface area contributed by atoms with Crippen molar-refractivity contribution in [1.82, 2.24) is 14.8 Å². The molecule has 12 heteroatoms. The second kappa shape index (κ2) is 9.30. The molecule has 1 aromatic heterocycles. The number of nitrogens with zero attached hydrogens (tertiary/aromatic N) is 2. The molecular weight excluding hydrogens is 435 g/mol. The van der Waals surface area contributed by atoms with Gasteiger partial charge in [0.2, 0.25) is 5.43 Å². The number of nitrogens with one attached hydrogen (secondary N) is 1. The third-order valence-corrected chi connectivity index (χ3v) is 4.75. The number of alkyl halides is 3. The Morgan fingerprint density at radius 3 is 2.69 bits per heavy atom. The molecule has 0 fully saturated rings. The zero-order valence-corrected chi connectivity index (χ0v) is 16.9. The van der Waals surface area contributed by atoms with Crippen LogP contribution in [0.15, 0.2) is 35.3 Å². The molecule has 3 rings (SSSR count). The van der Waals surface area contributed by atoms with Gasteiger partial charge in [0.25, 0.3) is 11.8 Å². The highest BCUT2D eigenvalue weighted by molar-refractivity contribution is 5.99. The lowest BCUT2D eigenvalue weighted by atomic mass is 10.1. The largest absolute Gasteiger partial charge is 0.573 e. The number of carbonyl (C=O) groups is 2. The molecule has 172 valence electrons. The molecule has 0 saturated heterocycles. The van der Waals surface area contributed by atoms with Gasteiger partial charge < -0.3 is 29.4 Å². The number of amides is 2. The van der Waals surface area contributed by atoms with Crippen LogP contribution in [0.5, 0.6) is 11.5 Å². The summed E-state index contributed by atoms with van der Waals surface area (Å²) in [5.74, 6) is -2.70. The fourth-order valence-corrected chi connectivity index (χ4v) is 3.24. The van der Waals surface area contributed by atoms with Crippen molar-refractivity contribution in [3.05, 3.63) is 57.5 Å². The summed E-state index contributed by atoms with van der Waals surface area (Å²) in [6.45, 7) is 0.911. The molecule has 2 amide bonds. The molecule has 0 saturated carbocycles. The van der Waals surface area contributed by atoms with Gasteiger partial charge in [-0.2, -0.15) is 0 Å². The molecule has 0 unspecified atom stereocenters. The summed E-state index contributed by atoms with van der Waals surface area (Å²) in [4.78, 5) is 39.0. The van der Waals surface area contributed by atoms with Gasteiger partial charge in [0.15, 0.2) is 11.4 Å². The molecule has 0 bridgehead atoms. The summed E-state index contributed by atoms with van der Waals surface area (Å²) in [6, 6.07) is 5.00. The van der Waals surface area contributed by atoms with Gasteiger partial charge in [0, 0.05) is 39.5 Å². The Hall–Kier alpha value is -3.54. The van der Waals surface area contributed by atoms with Crippen molar-refractivity contribution < 1.29 is 37.3 Å². The van der Waals surface area contributed by atoms with Gasteiger partial charge in [0.1, 0.15) is 11.3 Å². The molecule has 2 heterocycles. The number of aromatic nitrogens is 1. The van der Waals surface area contributed by atoms with E-state index in [4.69, 9.17) is 4.74 Å². The molecule has 1 aliphatic heterocycles. The number of hydrogen-bond acceptors (Lipinski definition) is 6.